The number of nitriles is 1. The van der Waals surface area contributed by atoms with Crippen molar-refractivity contribution in [1.82, 2.24) is 0 Å². The predicted molar refractivity (Wildman–Crippen MR) is 92.9 cm³/mol. The van der Waals surface area contributed by atoms with E-state index in [0.29, 0.717) is 17.7 Å². The van der Waals surface area contributed by atoms with Gasteiger partial charge in [0, 0.05) is 5.69 Å². The Morgan fingerprint density at radius 1 is 1.25 bits per heavy atom. The van der Waals surface area contributed by atoms with E-state index in [0.717, 1.165) is 0 Å². The molecule has 0 aliphatic carbocycles. The first kappa shape index (κ1) is 18.0. The van der Waals surface area contributed by atoms with E-state index in [1.54, 1.807) is 19.1 Å². The number of rotatable bonds is 5. The lowest BCUT2D eigenvalue weighted by molar-refractivity contribution is 0.102. The number of hydrogen-bond donors (Lipinski definition) is 1. The van der Waals surface area contributed by atoms with Gasteiger partial charge in [-0.05, 0) is 36.8 Å². The number of anilines is 1. The molecule has 0 saturated heterocycles. The maximum Gasteiger partial charge on any atom is 0.256 e. The molecule has 0 fully saturated rings. The van der Waals surface area contributed by atoms with Crippen LogP contribution in [0.15, 0.2) is 47.4 Å². The largest absolute Gasteiger partial charge is 0.322 e. The second-order valence-corrected chi connectivity index (χ2v) is 7.56. The van der Waals surface area contributed by atoms with Gasteiger partial charge < -0.3 is 5.32 Å². The lowest BCUT2D eigenvalue weighted by atomic mass is 10.2. The van der Waals surface area contributed by atoms with Gasteiger partial charge in [-0.15, -0.1) is 0 Å². The Kier molecular flexibility index (Phi) is 5.60. The van der Waals surface area contributed by atoms with Crippen LogP contribution in [-0.4, -0.2) is 20.1 Å². The number of hydrogen-bond acceptors (Lipinski definition) is 4. The molecule has 2 rings (SSSR count). The monoisotopic (exact) mass is 362 g/mol. The summed E-state index contributed by atoms with van der Waals surface area (Å²) in [6.07, 6.45) is 0.462. The summed E-state index contributed by atoms with van der Waals surface area (Å²) >= 11 is 5.93. The van der Waals surface area contributed by atoms with E-state index in [2.05, 4.69) is 5.32 Å². The summed E-state index contributed by atoms with van der Waals surface area (Å²) in [6.45, 7) is 1.76. The summed E-state index contributed by atoms with van der Waals surface area (Å²) in [5.74, 6) is -0.578. The molecular weight excluding hydrogens is 348 g/mol. The molecule has 1 N–H and O–H groups in total. The first-order chi connectivity index (χ1) is 11.4. The molecule has 0 unspecified atom stereocenters. The van der Waals surface area contributed by atoms with Crippen LogP contribution in [0.1, 0.15) is 29.3 Å². The zero-order valence-electron chi connectivity index (χ0n) is 12.9. The molecule has 0 aromatic heterocycles. The lowest BCUT2D eigenvalue weighted by Gasteiger charge is -2.11. The fourth-order valence-corrected chi connectivity index (χ4v) is 3.95. The summed E-state index contributed by atoms with van der Waals surface area (Å²) in [5.41, 5.74) is 0.749. The number of amides is 1. The van der Waals surface area contributed by atoms with Crippen LogP contribution in [0, 0.1) is 11.3 Å². The SMILES string of the molecule is CCCS(=O)(=O)c1ccccc1C(=O)Nc1ccc(C#N)c(Cl)c1. The normalized spacial score (nSPS) is 10.9. The number of carbonyl (C=O) groups excluding carboxylic acids is 1. The maximum atomic E-state index is 12.5. The molecule has 124 valence electrons. The van der Waals surface area contributed by atoms with Crippen molar-refractivity contribution in [3.63, 3.8) is 0 Å². The van der Waals surface area contributed by atoms with Crippen LogP contribution in [0.5, 0.6) is 0 Å². The number of nitrogens with one attached hydrogen (secondary N) is 1. The van der Waals surface area contributed by atoms with Crippen LogP contribution < -0.4 is 5.32 Å². The van der Waals surface area contributed by atoms with Crippen LogP contribution in [0.3, 0.4) is 0 Å². The van der Waals surface area contributed by atoms with E-state index in [1.807, 2.05) is 6.07 Å². The van der Waals surface area contributed by atoms with Gasteiger partial charge in [-0.3, -0.25) is 4.79 Å². The van der Waals surface area contributed by atoms with Crippen molar-refractivity contribution in [1.29, 1.82) is 5.26 Å². The van der Waals surface area contributed by atoms with Crippen LogP contribution >= 0.6 is 11.6 Å². The van der Waals surface area contributed by atoms with E-state index in [4.69, 9.17) is 16.9 Å². The molecule has 0 spiro atoms. The summed E-state index contributed by atoms with van der Waals surface area (Å²) in [5, 5.41) is 11.7. The second-order valence-electron chi connectivity index (χ2n) is 5.08. The van der Waals surface area contributed by atoms with Crippen molar-refractivity contribution >= 4 is 33.0 Å². The van der Waals surface area contributed by atoms with Crippen molar-refractivity contribution in [2.75, 3.05) is 11.1 Å². The average molecular weight is 363 g/mol. The first-order valence-electron chi connectivity index (χ1n) is 7.22. The van der Waals surface area contributed by atoms with Crippen molar-refractivity contribution in [3.8, 4) is 6.07 Å². The zero-order chi connectivity index (χ0) is 17.7. The third-order valence-corrected chi connectivity index (χ3v) is 5.57. The fraction of sp³-hybridized carbons (Fsp3) is 0.176. The Labute approximate surface area is 145 Å². The Balaban J connectivity index is 2.35. The van der Waals surface area contributed by atoms with Gasteiger partial charge in [0.25, 0.3) is 5.91 Å². The molecule has 5 nitrogen and oxygen atoms in total. The fourth-order valence-electron chi connectivity index (χ4n) is 2.19. The van der Waals surface area contributed by atoms with Crippen LogP contribution in [0.25, 0.3) is 0 Å². The Bertz CT molecular complexity index is 918. The number of benzene rings is 2. The smallest absolute Gasteiger partial charge is 0.256 e. The van der Waals surface area contributed by atoms with E-state index < -0.39 is 15.7 Å². The Hall–Kier alpha value is -2.36. The van der Waals surface area contributed by atoms with Crippen molar-refractivity contribution < 1.29 is 13.2 Å². The Morgan fingerprint density at radius 2 is 1.96 bits per heavy atom. The van der Waals surface area contributed by atoms with Gasteiger partial charge >= 0.3 is 0 Å². The standard InChI is InChI=1S/C17H15ClN2O3S/c1-2-9-24(22,23)16-6-4-3-5-14(16)17(21)20-13-8-7-12(11-19)15(18)10-13/h3-8,10H,2,9H2,1H3,(H,20,21). The highest BCUT2D eigenvalue weighted by Gasteiger charge is 2.21. The van der Waals surface area contributed by atoms with E-state index in [-0.39, 0.29) is 21.2 Å². The van der Waals surface area contributed by atoms with Gasteiger partial charge in [0.15, 0.2) is 9.84 Å². The molecule has 7 heteroatoms. The molecule has 0 atom stereocenters. The minimum atomic E-state index is -3.53. The molecule has 0 heterocycles. The molecule has 0 bridgehead atoms. The number of sulfone groups is 1. The third kappa shape index (κ3) is 3.94. The number of carbonyl (C=O) groups is 1. The number of halogens is 1. The molecule has 1 amide bonds. The van der Waals surface area contributed by atoms with Gasteiger partial charge in [0.2, 0.25) is 0 Å². The molecule has 24 heavy (non-hydrogen) atoms. The minimum absolute atomic E-state index is 0.00379. The Morgan fingerprint density at radius 3 is 2.58 bits per heavy atom. The summed E-state index contributed by atoms with van der Waals surface area (Å²) < 4.78 is 24.6. The number of nitrogens with zero attached hydrogens (tertiary/aromatic N) is 1. The van der Waals surface area contributed by atoms with Crippen LogP contribution in [-0.2, 0) is 9.84 Å². The predicted octanol–water partition coefficient (Wildman–Crippen LogP) is 3.65. The van der Waals surface area contributed by atoms with Gasteiger partial charge in [-0.25, -0.2) is 8.42 Å². The molecule has 2 aromatic rings. The minimum Gasteiger partial charge on any atom is -0.322 e. The van der Waals surface area contributed by atoms with Gasteiger partial charge in [0.05, 0.1) is 26.8 Å². The molecular formula is C17H15ClN2O3S. The van der Waals surface area contributed by atoms with Crippen LogP contribution in [0.2, 0.25) is 5.02 Å². The van der Waals surface area contributed by atoms with Crippen molar-refractivity contribution in [2.24, 2.45) is 0 Å². The topological polar surface area (TPSA) is 87.0 Å². The van der Waals surface area contributed by atoms with E-state index in [9.17, 15) is 13.2 Å². The third-order valence-electron chi connectivity index (χ3n) is 3.29. The quantitative estimate of drug-likeness (QED) is 0.879. The summed E-state index contributed by atoms with van der Waals surface area (Å²) in [6, 6.07) is 12.5. The van der Waals surface area contributed by atoms with Gasteiger partial charge in [-0.2, -0.15) is 5.26 Å². The lowest BCUT2D eigenvalue weighted by Crippen LogP contribution is -2.17. The van der Waals surface area contributed by atoms with E-state index >= 15 is 0 Å². The molecule has 0 aliphatic rings. The molecule has 0 radical (unpaired) electrons. The zero-order valence-corrected chi connectivity index (χ0v) is 14.5. The molecule has 2 aromatic carbocycles. The average Bonchev–Trinajstić information content (AvgIpc) is 2.55. The highest BCUT2D eigenvalue weighted by Crippen LogP contribution is 2.23. The molecule has 0 saturated carbocycles. The van der Waals surface area contributed by atoms with Crippen molar-refractivity contribution in [2.45, 2.75) is 18.2 Å². The van der Waals surface area contributed by atoms with Gasteiger partial charge in [-0.1, -0.05) is 30.7 Å². The van der Waals surface area contributed by atoms with E-state index in [1.165, 1.54) is 30.3 Å². The highest BCUT2D eigenvalue weighted by molar-refractivity contribution is 7.91. The van der Waals surface area contributed by atoms with Crippen LogP contribution in [0.4, 0.5) is 5.69 Å². The second kappa shape index (κ2) is 7.47. The maximum absolute atomic E-state index is 12.5. The van der Waals surface area contributed by atoms with Crippen molar-refractivity contribution in [3.05, 3.63) is 58.6 Å². The summed E-state index contributed by atoms with van der Waals surface area (Å²) in [4.78, 5) is 12.5. The van der Waals surface area contributed by atoms with Gasteiger partial charge in [0.1, 0.15) is 6.07 Å². The summed E-state index contributed by atoms with van der Waals surface area (Å²) in [7, 11) is -3.53. The highest BCUT2D eigenvalue weighted by atomic mass is 35.5. The first-order valence-corrected chi connectivity index (χ1v) is 9.25. The molecule has 0 aliphatic heterocycles.